The maximum absolute atomic E-state index is 12.8. The highest BCUT2D eigenvalue weighted by Crippen LogP contribution is 2.18. The summed E-state index contributed by atoms with van der Waals surface area (Å²) in [5.41, 5.74) is 2.12. The van der Waals surface area contributed by atoms with Crippen LogP contribution in [0.5, 0.6) is 0 Å². The first-order valence-corrected chi connectivity index (χ1v) is 10.3. The lowest BCUT2D eigenvalue weighted by atomic mass is 10.1. The summed E-state index contributed by atoms with van der Waals surface area (Å²) in [7, 11) is -3.50. The molecule has 1 aliphatic heterocycles. The fourth-order valence-electron chi connectivity index (χ4n) is 3.23. The summed E-state index contributed by atoms with van der Waals surface area (Å²) in [6.07, 6.45) is 0.999. The zero-order valence-electron chi connectivity index (χ0n) is 15.0. The molecule has 0 N–H and O–H groups in total. The van der Waals surface area contributed by atoms with Crippen LogP contribution < -0.4 is 0 Å². The Morgan fingerprint density at radius 2 is 1.73 bits per heavy atom. The Morgan fingerprint density at radius 3 is 2.46 bits per heavy atom. The van der Waals surface area contributed by atoms with Gasteiger partial charge in [-0.3, -0.25) is 4.79 Å². The first-order chi connectivity index (χ1) is 12.5. The molecule has 1 aliphatic rings. The maximum Gasteiger partial charge on any atom is 0.243 e. The molecule has 0 spiro atoms. The van der Waals surface area contributed by atoms with Crippen LogP contribution in [0.2, 0.25) is 0 Å². The van der Waals surface area contributed by atoms with E-state index < -0.39 is 10.0 Å². The molecule has 0 unspecified atom stereocenters. The van der Waals surface area contributed by atoms with Crippen molar-refractivity contribution in [1.82, 2.24) is 9.21 Å². The van der Waals surface area contributed by atoms with Crippen molar-refractivity contribution in [1.29, 1.82) is 0 Å². The molecule has 0 aliphatic carbocycles. The van der Waals surface area contributed by atoms with E-state index in [0.29, 0.717) is 43.9 Å². The van der Waals surface area contributed by atoms with Crippen molar-refractivity contribution >= 4 is 15.9 Å². The van der Waals surface area contributed by atoms with Gasteiger partial charge in [-0.15, -0.1) is 0 Å². The van der Waals surface area contributed by atoms with E-state index in [0.717, 1.165) is 11.1 Å². The summed E-state index contributed by atoms with van der Waals surface area (Å²) in [6.45, 7) is 3.79. The third-order valence-electron chi connectivity index (χ3n) is 4.63. The van der Waals surface area contributed by atoms with Crippen molar-refractivity contribution in [2.24, 2.45) is 0 Å². The van der Waals surface area contributed by atoms with Gasteiger partial charge in [0, 0.05) is 26.2 Å². The predicted molar refractivity (Wildman–Crippen MR) is 101 cm³/mol. The molecule has 1 amide bonds. The number of nitrogens with zero attached hydrogens (tertiary/aromatic N) is 2. The van der Waals surface area contributed by atoms with Crippen molar-refractivity contribution in [2.45, 2.75) is 24.7 Å². The van der Waals surface area contributed by atoms with Crippen LogP contribution in [0.4, 0.5) is 0 Å². The molecule has 1 fully saturated rings. The summed E-state index contributed by atoms with van der Waals surface area (Å²) in [4.78, 5) is 14.7. The Hall–Kier alpha value is -2.18. The molecule has 0 saturated carbocycles. The van der Waals surface area contributed by atoms with E-state index in [4.69, 9.17) is 0 Å². The largest absolute Gasteiger partial charge is 0.341 e. The van der Waals surface area contributed by atoms with Crippen LogP contribution in [0.1, 0.15) is 17.5 Å². The summed E-state index contributed by atoms with van der Waals surface area (Å²) < 4.78 is 27.0. The van der Waals surface area contributed by atoms with Gasteiger partial charge in [0.1, 0.15) is 0 Å². The second-order valence-electron chi connectivity index (χ2n) is 6.62. The highest BCUT2D eigenvalue weighted by Gasteiger charge is 2.28. The Bertz CT molecular complexity index is 866. The smallest absolute Gasteiger partial charge is 0.243 e. The summed E-state index contributed by atoms with van der Waals surface area (Å²) in [5, 5.41) is 0. The summed E-state index contributed by atoms with van der Waals surface area (Å²) in [6, 6.07) is 16.4. The quantitative estimate of drug-likeness (QED) is 0.828. The molecule has 0 bridgehead atoms. The zero-order chi connectivity index (χ0) is 18.6. The van der Waals surface area contributed by atoms with Crippen molar-refractivity contribution < 1.29 is 13.2 Å². The highest BCUT2D eigenvalue weighted by molar-refractivity contribution is 7.89. The number of carbonyl (C=O) groups is 1. The van der Waals surface area contributed by atoms with Crippen LogP contribution >= 0.6 is 0 Å². The van der Waals surface area contributed by atoms with Crippen molar-refractivity contribution in [2.75, 3.05) is 26.2 Å². The van der Waals surface area contributed by atoms with Gasteiger partial charge in [0.15, 0.2) is 0 Å². The molecule has 0 radical (unpaired) electrons. The Morgan fingerprint density at radius 1 is 0.962 bits per heavy atom. The van der Waals surface area contributed by atoms with Gasteiger partial charge >= 0.3 is 0 Å². The van der Waals surface area contributed by atoms with Crippen LogP contribution in [0.3, 0.4) is 0 Å². The van der Waals surface area contributed by atoms with Gasteiger partial charge < -0.3 is 4.90 Å². The number of benzene rings is 2. The third-order valence-corrected chi connectivity index (χ3v) is 6.54. The number of carbonyl (C=O) groups excluding carboxylic acids is 1. The van der Waals surface area contributed by atoms with Gasteiger partial charge in [-0.2, -0.15) is 4.31 Å². The molecule has 2 aromatic carbocycles. The second kappa shape index (κ2) is 8.01. The molecule has 5 nitrogen and oxygen atoms in total. The molecular formula is C20H24N2O3S. The number of amides is 1. The van der Waals surface area contributed by atoms with E-state index >= 15 is 0 Å². The predicted octanol–water partition coefficient (Wildman–Crippen LogP) is 2.46. The number of hydrogen-bond donors (Lipinski definition) is 0. The van der Waals surface area contributed by atoms with E-state index in [-0.39, 0.29) is 5.91 Å². The minimum Gasteiger partial charge on any atom is -0.341 e. The van der Waals surface area contributed by atoms with Crippen LogP contribution in [0.15, 0.2) is 59.5 Å². The Balaban J connectivity index is 1.65. The number of sulfonamides is 1. The minimum absolute atomic E-state index is 0.0505. The van der Waals surface area contributed by atoms with E-state index in [1.807, 2.05) is 31.2 Å². The number of hydrogen-bond acceptors (Lipinski definition) is 3. The van der Waals surface area contributed by atoms with Gasteiger partial charge in [-0.05, 0) is 31.0 Å². The zero-order valence-corrected chi connectivity index (χ0v) is 15.8. The van der Waals surface area contributed by atoms with Crippen LogP contribution in [-0.4, -0.2) is 49.7 Å². The average Bonchev–Trinajstić information content (AvgIpc) is 2.89. The van der Waals surface area contributed by atoms with Gasteiger partial charge in [-0.25, -0.2) is 8.42 Å². The Labute approximate surface area is 155 Å². The fourth-order valence-corrected chi connectivity index (χ4v) is 4.72. The molecule has 0 atom stereocenters. The average molecular weight is 372 g/mol. The first kappa shape index (κ1) is 18.6. The monoisotopic (exact) mass is 372 g/mol. The van der Waals surface area contributed by atoms with E-state index in [1.54, 1.807) is 35.2 Å². The molecule has 0 aromatic heterocycles. The number of rotatable bonds is 4. The third kappa shape index (κ3) is 4.31. The molecule has 26 heavy (non-hydrogen) atoms. The fraction of sp³-hybridized carbons (Fsp3) is 0.350. The van der Waals surface area contributed by atoms with E-state index in [9.17, 15) is 13.2 Å². The normalized spacial score (nSPS) is 16.3. The highest BCUT2D eigenvalue weighted by atomic mass is 32.2. The van der Waals surface area contributed by atoms with E-state index in [2.05, 4.69) is 0 Å². The lowest BCUT2D eigenvalue weighted by molar-refractivity contribution is -0.130. The summed E-state index contributed by atoms with van der Waals surface area (Å²) in [5.74, 6) is 0.0505. The topological polar surface area (TPSA) is 57.7 Å². The van der Waals surface area contributed by atoms with Gasteiger partial charge in [0.25, 0.3) is 0 Å². The number of aryl methyl sites for hydroxylation is 1. The molecule has 1 saturated heterocycles. The molecule has 1 heterocycles. The summed E-state index contributed by atoms with van der Waals surface area (Å²) >= 11 is 0. The lowest BCUT2D eigenvalue weighted by Crippen LogP contribution is -2.38. The minimum atomic E-state index is -3.50. The second-order valence-corrected chi connectivity index (χ2v) is 8.56. The molecule has 138 valence electrons. The standard InChI is InChI=1S/C20H24N2O3S/c1-17-7-5-8-18(15-17)16-20(23)21-11-6-12-22(14-13-21)26(24,25)19-9-3-2-4-10-19/h2-5,7-10,15H,6,11-14,16H2,1H3. The van der Waals surface area contributed by atoms with E-state index in [1.165, 1.54) is 4.31 Å². The van der Waals surface area contributed by atoms with Gasteiger partial charge in [0.05, 0.1) is 11.3 Å². The van der Waals surface area contributed by atoms with Crippen LogP contribution in [-0.2, 0) is 21.2 Å². The van der Waals surface area contributed by atoms with Crippen LogP contribution in [0, 0.1) is 6.92 Å². The SMILES string of the molecule is Cc1cccc(CC(=O)N2CCCN(S(=O)(=O)c3ccccc3)CC2)c1. The lowest BCUT2D eigenvalue weighted by Gasteiger charge is -2.22. The van der Waals surface area contributed by atoms with Gasteiger partial charge in [0.2, 0.25) is 15.9 Å². The van der Waals surface area contributed by atoms with Crippen molar-refractivity contribution in [3.8, 4) is 0 Å². The first-order valence-electron chi connectivity index (χ1n) is 8.85. The molecule has 6 heteroatoms. The molecule has 2 aromatic rings. The van der Waals surface area contributed by atoms with Crippen molar-refractivity contribution in [3.05, 3.63) is 65.7 Å². The van der Waals surface area contributed by atoms with Gasteiger partial charge in [-0.1, -0.05) is 48.0 Å². The Kier molecular flexibility index (Phi) is 5.74. The maximum atomic E-state index is 12.8. The van der Waals surface area contributed by atoms with Crippen molar-refractivity contribution in [3.63, 3.8) is 0 Å². The molecular weight excluding hydrogens is 348 g/mol. The van der Waals surface area contributed by atoms with Crippen LogP contribution in [0.25, 0.3) is 0 Å². The molecule has 3 rings (SSSR count).